The molecule has 2 heterocycles. The van der Waals surface area contributed by atoms with Crippen molar-refractivity contribution in [2.24, 2.45) is 5.10 Å². The van der Waals surface area contributed by atoms with E-state index in [1.165, 1.54) is 38.0 Å². The summed E-state index contributed by atoms with van der Waals surface area (Å²) in [5.41, 5.74) is 5.31. The Morgan fingerprint density at radius 3 is 2.52 bits per heavy atom. The highest BCUT2D eigenvalue weighted by Crippen LogP contribution is 2.19. The number of hydrogen-bond donors (Lipinski definition) is 1. The molecule has 4 heteroatoms. The van der Waals surface area contributed by atoms with Crippen molar-refractivity contribution in [1.29, 1.82) is 0 Å². The van der Waals surface area contributed by atoms with E-state index in [1.807, 2.05) is 24.4 Å². The van der Waals surface area contributed by atoms with Crippen molar-refractivity contribution in [3.05, 3.63) is 54.2 Å². The maximum atomic E-state index is 4.20. The molecule has 1 N–H and O–H groups in total. The van der Waals surface area contributed by atoms with Crippen LogP contribution < -0.4 is 10.3 Å². The van der Waals surface area contributed by atoms with Crippen LogP contribution in [0.1, 0.15) is 24.8 Å². The molecule has 2 aromatic rings. The van der Waals surface area contributed by atoms with E-state index in [0.717, 1.165) is 11.4 Å². The molecular weight excluding hydrogens is 260 g/mol. The molecule has 4 nitrogen and oxygen atoms in total. The molecule has 0 atom stereocenters. The zero-order valence-electron chi connectivity index (χ0n) is 12.1. The third-order valence-electron chi connectivity index (χ3n) is 3.67. The van der Waals surface area contributed by atoms with Gasteiger partial charge in [0.25, 0.3) is 0 Å². The van der Waals surface area contributed by atoms with Gasteiger partial charge in [0.2, 0.25) is 0 Å². The fraction of sp³-hybridized carbons (Fsp3) is 0.294. The van der Waals surface area contributed by atoms with Crippen molar-refractivity contribution in [3.63, 3.8) is 0 Å². The molecule has 0 radical (unpaired) electrons. The van der Waals surface area contributed by atoms with Crippen molar-refractivity contribution >= 4 is 17.7 Å². The summed E-state index contributed by atoms with van der Waals surface area (Å²) in [5, 5.41) is 4.20. The molecule has 108 valence electrons. The first kappa shape index (κ1) is 13.6. The molecular formula is C17H20N4. The second-order valence-corrected chi connectivity index (χ2v) is 5.22. The van der Waals surface area contributed by atoms with E-state index in [0.29, 0.717) is 0 Å². The van der Waals surface area contributed by atoms with Gasteiger partial charge in [-0.25, -0.2) is 4.98 Å². The predicted molar refractivity (Wildman–Crippen MR) is 88.0 cm³/mol. The Labute approximate surface area is 125 Å². The van der Waals surface area contributed by atoms with Crippen LogP contribution in [0.4, 0.5) is 11.5 Å². The maximum absolute atomic E-state index is 4.20. The number of aromatic nitrogens is 1. The topological polar surface area (TPSA) is 40.5 Å². The average Bonchev–Trinajstić information content (AvgIpc) is 2.57. The lowest BCUT2D eigenvalue weighted by Crippen LogP contribution is -2.29. The highest BCUT2D eigenvalue weighted by atomic mass is 15.3. The fourth-order valence-corrected chi connectivity index (χ4v) is 2.53. The van der Waals surface area contributed by atoms with Crippen LogP contribution in [0.5, 0.6) is 0 Å². The number of piperidine rings is 1. The molecule has 21 heavy (non-hydrogen) atoms. The Balaban J connectivity index is 1.59. The van der Waals surface area contributed by atoms with Gasteiger partial charge in [-0.2, -0.15) is 5.10 Å². The lowest BCUT2D eigenvalue weighted by molar-refractivity contribution is 0.578. The van der Waals surface area contributed by atoms with Gasteiger partial charge < -0.3 is 4.90 Å². The molecule has 1 fully saturated rings. The van der Waals surface area contributed by atoms with E-state index in [4.69, 9.17) is 0 Å². The van der Waals surface area contributed by atoms with Gasteiger partial charge in [0.15, 0.2) is 0 Å². The zero-order chi connectivity index (χ0) is 14.3. The quantitative estimate of drug-likeness (QED) is 0.688. The van der Waals surface area contributed by atoms with Gasteiger partial charge in [-0.3, -0.25) is 5.43 Å². The third kappa shape index (κ3) is 3.81. The second kappa shape index (κ2) is 6.88. The van der Waals surface area contributed by atoms with Gasteiger partial charge in [0.1, 0.15) is 5.82 Å². The fourth-order valence-electron chi connectivity index (χ4n) is 2.53. The van der Waals surface area contributed by atoms with E-state index >= 15 is 0 Å². The lowest BCUT2D eigenvalue weighted by Gasteiger charge is -2.28. The van der Waals surface area contributed by atoms with Crippen LogP contribution in [0.3, 0.4) is 0 Å². The molecule has 1 aliphatic heterocycles. The van der Waals surface area contributed by atoms with Crippen LogP contribution in [-0.2, 0) is 0 Å². The number of hydrazone groups is 1. The van der Waals surface area contributed by atoms with Crippen LogP contribution in [0.15, 0.2) is 53.8 Å². The second-order valence-electron chi connectivity index (χ2n) is 5.22. The smallest absolute Gasteiger partial charge is 0.146 e. The van der Waals surface area contributed by atoms with Crippen molar-refractivity contribution in [3.8, 4) is 0 Å². The molecule has 1 saturated heterocycles. The first-order valence-corrected chi connectivity index (χ1v) is 7.47. The largest absolute Gasteiger partial charge is 0.372 e. The maximum Gasteiger partial charge on any atom is 0.146 e. The Hall–Kier alpha value is -2.36. The molecule has 0 amide bonds. The summed E-state index contributed by atoms with van der Waals surface area (Å²) in [6.07, 6.45) is 7.52. The molecule has 1 aliphatic rings. The van der Waals surface area contributed by atoms with Gasteiger partial charge in [0, 0.05) is 25.0 Å². The van der Waals surface area contributed by atoms with Gasteiger partial charge in [0.05, 0.1) is 6.21 Å². The number of rotatable bonds is 4. The van der Waals surface area contributed by atoms with E-state index < -0.39 is 0 Å². The Morgan fingerprint density at radius 1 is 1.00 bits per heavy atom. The first-order valence-electron chi connectivity index (χ1n) is 7.47. The summed E-state index contributed by atoms with van der Waals surface area (Å²) in [6, 6.07) is 14.3. The minimum atomic E-state index is 0.749. The Bertz CT molecular complexity index is 571. The SMILES string of the molecule is C(=NNc1ccccn1)c1ccc(N2CCCCC2)cc1. The van der Waals surface area contributed by atoms with Crippen LogP contribution in [0.25, 0.3) is 0 Å². The summed E-state index contributed by atoms with van der Waals surface area (Å²) in [7, 11) is 0. The average molecular weight is 280 g/mol. The minimum Gasteiger partial charge on any atom is -0.372 e. The van der Waals surface area contributed by atoms with Crippen LogP contribution in [0, 0.1) is 0 Å². The third-order valence-corrected chi connectivity index (χ3v) is 3.67. The zero-order valence-corrected chi connectivity index (χ0v) is 12.1. The molecule has 0 saturated carbocycles. The standard InChI is InChI=1S/C17H20N4/c1-4-12-21(13-5-1)16-9-7-15(8-10-16)14-19-20-17-6-2-3-11-18-17/h2-3,6-11,14H,1,4-5,12-13H2,(H,18,20). The van der Waals surface area contributed by atoms with E-state index in [-0.39, 0.29) is 0 Å². The monoisotopic (exact) mass is 280 g/mol. The molecule has 1 aromatic heterocycles. The Morgan fingerprint density at radius 2 is 1.81 bits per heavy atom. The van der Waals surface area contributed by atoms with Gasteiger partial charge in [-0.1, -0.05) is 18.2 Å². The number of pyridine rings is 1. The van der Waals surface area contributed by atoms with Crippen molar-refractivity contribution in [2.75, 3.05) is 23.4 Å². The highest BCUT2D eigenvalue weighted by molar-refractivity contribution is 5.80. The van der Waals surface area contributed by atoms with Gasteiger partial charge in [-0.15, -0.1) is 0 Å². The van der Waals surface area contributed by atoms with Gasteiger partial charge in [-0.05, 0) is 49.1 Å². The van der Waals surface area contributed by atoms with E-state index in [9.17, 15) is 0 Å². The van der Waals surface area contributed by atoms with Crippen molar-refractivity contribution in [1.82, 2.24) is 4.98 Å². The minimum absolute atomic E-state index is 0.749. The normalized spacial score (nSPS) is 15.3. The highest BCUT2D eigenvalue weighted by Gasteiger charge is 2.09. The Kier molecular flexibility index (Phi) is 4.46. The van der Waals surface area contributed by atoms with Crippen LogP contribution in [0.2, 0.25) is 0 Å². The van der Waals surface area contributed by atoms with E-state index in [1.54, 1.807) is 6.20 Å². The summed E-state index contributed by atoms with van der Waals surface area (Å²) >= 11 is 0. The summed E-state index contributed by atoms with van der Waals surface area (Å²) < 4.78 is 0. The molecule has 0 unspecified atom stereocenters. The number of benzene rings is 1. The number of anilines is 2. The summed E-state index contributed by atoms with van der Waals surface area (Å²) in [6.45, 7) is 2.35. The molecule has 0 aliphatic carbocycles. The summed E-state index contributed by atoms with van der Waals surface area (Å²) in [4.78, 5) is 6.61. The van der Waals surface area contributed by atoms with Crippen LogP contribution in [-0.4, -0.2) is 24.3 Å². The lowest BCUT2D eigenvalue weighted by atomic mass is 10.1. The summed E-state index contributed by atoms with van der Waals surface area (Å²) in [5.74, 6) is 0.749. The van der Waals surface area contributed by atoms with Gasteiger partial charge >= 0.3 is 0 Å². The molecule has 1 aromatic carbocycles. The molecule has 0 spiro atoms. The van der Waals surface area contributed by atoms with Crippen molar-refractivity contribution in [2.45, 2.75) is 19.3 Å². The number of nitrogens with zero attached hydrogens (tertiary/aromatic N) is 3. The van der Waals surface area contributed by atoms with E-state index in [2.05, 4.69) is 44.7 Å². The molecule has 3 rings (SSSR count). The molecule has 0 bridgehead atoms. The predicted octanol–water partition coefficient (Wildman–Crippen LogP) is 3.52. The first-order chi connectivity index (χ1) is 10.4. The number of nitrogens with one attached hydrogen (secondary N) is 1. The van der Waals surface area contributed by atoms with Crippen LogP contribution >= 0.6 is 0 Å². The van der Waals surface area contributed by atoms with Crippen molar-refractivity contribution < 1.29 is 0 Å². The number of hydrogen-bond acceptors (Lipinski definition) is 4.